The van der Waals surface area contributed by atoms with Gasteiger partial charge < -0.3 is 15.8 Å². The summed E-state index contributed by atoms with van der Waals surface area (Å²) in [4.78, 5) is 11.2. The minimum absolute atomic E-state index is 0.00391. The monoisotopic (exact) mass is 619 g/mol. The van der Waals surface area contributed by atoms with Crippen molar-refractivity contribution >= 4 is 49.3 Å². The third-order valence-electron chi connectivity index (χ3n) is 6.30. The van der Waals surface area contributed by atoms with Gasteiger partial charge in [0.25, 0.3) is 0 Å². The van der Waals surface area contributed by atoms with Crippen LogP contribution in [-0.2, 0) is 16.6 Å². The highest BCUT2D eigenvalue weighted by molar-refractivity contribution is 9.10. The van der Waals surface area contributed by atoms with Gasteiger partial charge in [0.2, 0.25) is 21.9 Å². The highest BCUT2D eigenvalue weighted by atomic mass is 79.9. The highest BCUT2D eigenvalue weighted by Crippen LogP contribution is 2.36. The van der Waals surface area contributed by atoms with E-state index in [1.54, 1.807) is 18.2 Å². The van der Waals surface area contributed by atoms with Crippen LogP contribution in [0.2, 0.25) is 5.02 Å². The van der Waals surface area contributed by atoms with Crippen LogP contribution in [0.15, 0.2) is 39.7 Å². The summed E-state index contributed by atoms with van der Waals surface area (Å²) < 4.78 is 29.6. The first-order valence-electron chi connectivity index (χ1n) is 11.8. The molecule has 1 aliphatic heterocycles. The van der Waals surface area contributed by atoms with Crippen LogP contribution in [-0.4, -0.2) is 42.4 Å². The average molecular weight is 621 g/mol. The van der Waals surface area contributed by atoms with Crippen molar-refractivity contribution in [2.45, 2.75) is 44.2 Å². The zero-order valence-corrected chi connectivity index (χ0v) is 24.0. The van der Waals surface area contributed by atoms with Gasteiger partial charge in [-0.05, 0) is 83.6 Å². The highest BCUT2D eigenvalue weighted by Gasteiger charge is 2.23. The molecule has 3 aromatic rings. The van der Waals surface area contributed by atoms with Crippen molar-refractivity contribution in [1.29, 1.82) is 5.26 Å². The van der Waals surface area contributed by atoms with E-state index in [2.05, 4.69) is 42.2 Å². The Morgan fingerprint density at radius 1 is 1.21 bits per heavy atom. The lowest BCUT2D eigenvalue weighted by molar-refractivity contribution is 0.211. The Labute approximate surface area is 235 Å². The van der Waals surface area contributed by atoms with Crippen molar-refractivity contribution in [3.8, 4) is 17.7 Å². The predicted molar refractivity (Wildman–Crippen MR) is 150 cm³/mol. The van der Waals surface area contributed by atoms with E-state index in [0.29, 0.717) is 33.3 Å². The van der Waals surface area contributed by atoms with Crippen LogP contribution >= 0.6 is 27.5 Å². The first kappa shape index (κ1) is 28.1. The summed E-state index contributed by atoms with van der Waals surface area (Å²) in [6.07, 6.45) is 1.66. The zero-order chi connectivity index (χ0) is 27.6. The molecule has 0 spiro atoms. The molecule has 0 radical (unpaired) electrons. The number of hydrogen-bond acceptors (Lipinski definition) is 9. The first-order valence-corrected chi connectivity index (χ1v) is 14.5. The molecule has 1 aliphatic rings. The molecule has 200 valence electrons. The number of nitrogens with zero attached hydrogens (tertiary/aromatic N) is 4. The van der Waals surface area contributed by atoms with Crippen LogP contribution in [0.4, 0.5) is 11.8 Å². The number of nitriles is 1. The predicted octanol–water partition coefficient (Wildman–Crippen LogP) is 4.48. The van der Waals surface area contributed by atoms with Gasteiger partial charge in [-0.1, -0.05) is 17.7 Å². The number of nitrogen functional groups attached to an aromatic ring is 1. The molecule has 0 unspecified atom stereocenters. The number of halogens is 2. The van der Waals surface area contributed by atoms with Crippen LogP contribution in [0.5, 0.6) is 11.6 Å². The van der Waals surface area contributed by atoms with E-state index in [1.807, 2.05) is 13.8 Å². The lowest BCUT2D eigenvalue weighted by Gasteiger charge is -2.32. The maximum atomic E-state index is 11.5. The number of benzene rings is 2. The molecule has 4 rings (SSSR count). The molecular weight excluding hydrogens is 594 g/mol. The molecule has 1 saturated heterocycles. The number of nitrogens with two attached hydrogens (primary N) is 2. The van der Waals surface area contributed by atoms with Gasteiger partial charge in [-0.3, -0.25) is 4.90 Å². The molecule has 13 heteroatoms. The Morgan fingerprint density at radius 2 is 1.87 bits per heavy atom. The molecule has 1 aromatic heterocycles. The van der Waals surface area contributed by atoms with Crippen molar-refractivity contribution in [2.75, 3.05) is 24.1 Å². The van der Waals surface area contributed by atoms with Gasteiger partial charge in [0, 0.05) is 30.7 Å². The summed E-state index contributed by atoms with van der Waals surface area (Å²) in [5, 5.41) is 18.1. The molecule has 10 nitrogen and oxygen atoms in total. The number of aromatic nitrogens is 2. The Morgan fingerprint density at radius 3 is 2.45 bits per heavy atom. The van der Waals surface area contributed by atoms with E-state index >= 15 is 0 Å². The molecule has 1 fully saturated rings. The molecule has 2 aromatic carbocycles. The number of hydrogen-bond donors (Lipinski definition) is 3. The Kier molecular flexibility index (Phi) is 8.44. The van der Waals surface area contributed by atoms with E-state index in [1.165, 1.54) is 12.1 Å². The molecular formula is C25H27BrClN7O3S. The third-order valence-corrected chi connectivity index (χ3v) is 8.31. The second kappa shape index (κ2) is 11.4. The Bertz CT molecular complexity index is 1500. The van der Waals surface area contributed by atoms with Crippen LogP contribution in [0, 0.1) is 25.2 Å². The molecule has 38 heavy (non-hydrogen) atoms. The minimum atomic E-state index is -3.80. The van der Waals surface area contributed by atoms with Crippen molar-refractivity contribution in [2.24, 2.45) is 5.14 Å². The largest absolute Gasteiger partial charge is 0.437 e. The van der Waals surface area contributed by atoms with Crippen molar-refractivity contribution < 1.29 is 13.2 Å². The minimum Gasteiger partial charge on any atom is -0.437 e. The molecule has 0 amide bonds. The van der Waals surface area contributed by atoms with Crippen molar-refractivity contribution in [3.63, 3.8) is 0 Å². The molecule has 0 saturated carbocycles. The van der Waals surface area contributed by atoms with Gasteiger partial charge in [0.1, 0.15) is 16.0 Å². The number of ether oxygens (including phenoxy) is 1. The standard InChI is InChI=1S/C25H27BrClN7O3S/c1-14-9-16(12-28)10-15(2)22(14)37-24-21(26)23(29)32-25(33-24)31-18-5-7-34(8-6-18)13-17-3-4-19(11-20(17)27)38(30,35)36/h3-4,9-11,18H,5-8,13H2,1-2H3,(H2,30,35,36)(H3,29,31,32,33). The van der Waals surface area contributed by atoms with Gasteiger partial charge in [-0.25, -0.2) is 13.6 Å². The Balaban J connectivity index is 1.41. The summed E-state index contributed by atoms with van der Waals surface area (Å²) in [5.41, 5.74) is 9.16. The maximum absolute atomic E-state index is 11.5. The molecule has 5 N–H and O–H groups in total. The molecule has 0 bridgehead atoms. The number of likely N-dealkylation sites (tertiary alicyclic amines) is 1. The van der Waals surface area contributed by atoms with E-state index in [0.717, 1.165) is 42.6 Å². The number of aryl methyl sites for hydroxylation is 2. The number of rotatable bonds is 7. The lowest BCUT2D eigenvalue weighted by atomic mass is 10.0. The second-order valence-corrected chi connectivity index (χ2v) is 12.0. The summed E-state index contributed by atoms with van der Waals surface area (Å²) in [7, 11) is -3.80. The fourth-order valence-electron chi connectivity index (χ4n) is 4.34. The van der Waals surface area contributed by atoms with Crippen molar-refractivity contribution in [1.82, 2.24) is 14.9 Å². The van der Waals surface area contributed by atoms with Crippen LogP contribution in [0.1, 0.15) is 35.1 Å². The van der Waals surface area contributed by atoms with Gasteiger partial charge in [0.05, 0.1) is 16.5 Å². The number of piperidine rings is 1. The summed E-state index contributed by atoms with van der Waals surface area (Å²) in [6, 6.07) is 10.3. The lowest BCUT2D eigenvalue weighted by Crippen LogP contribution is -2.39. The average Bonchev–Trinajstić information content (AvgIpc) is 2.85. The van der Waals surface area contributed by atoms with Gasteiger partial charge in [-0.2, -0.15) is 15.2 Å². The number of sulfonamides is 1. The van der Waals surface area contributed by atoms with E-state index in [4.69, 9.17) is 27.2 Å². The SMILES string of the molecule is Cc1cc(C#N)cc(C)c1Oc1nc(NC2CCN(Cc3ccc(S(N)(=O)=O)cc3Cl)CC2)nc(N)c1Br. The smallest absolute Gasteiger partial charge is 0.240 e. The fourth-order valence-corrected chi connectivity index (χ4v) is 5.44. The fraction of sp³-hybridized carbons (Fsp3) is 0.320. The van der Waals surface area contributed by atoms with E-state index in [9.17, 15) is 13.7 Å². The van der Waals surface area contributed by atoms with Gasteiger partial charge in [-0.15, -0.1) is 0 Å². The van der Waals surface area contributed by atoms with Crippen LogP contribution in [0.3, 0.4) is 0 Å². The topological polar surface area (TPSA) is 160 Å². The molecule has 0 atom stereocenters. The summed E-state index contributed by atoms with van der Waals surface area (Å²) in [5.74, 6) is 1.50. The second-order valence-electron chi connectivity index (χ2n) is 9.20. The summed E-state index contributed by atoms with van der Waals surface area (Å²) >= 11 is 9.73. The third kappa shape index (κ3) is 6.54. The van der Waals surface area contributed by atoms with E-state index < -0.39 is 10.0 Å². The number of nitrogens with one attached hydrogen (secondary N) is 1. The maximum Gasteiger partial charge on any atom is 0.240 e. The van der Waals surface area contributed by atoms with Crippen molar-refractivity contribution in [3.05, 3.63) is 62.1 Å². The zero-order valence-electron chi connectivity index (χ0n) is 20.8. The normalized spacial score (nSPS) is 14.7. The molecule has 0 aliphatic carbocycles. The van der Waals surface area contributed by atoms with Gasteiger partial charge >= 0.3 is 0 Å². The van der Waals surface area contributed by atoms with E-state index in [-0.39, 0.29) is 22.6 Å². The quantitative estimate of drug-likeness (QED) is 0.346. The molecule has 2 heterocycles. The summed E-state index contributed by atoms with van der Waals surface area (Å²) in [6.45, 7) is 5.93. The van der Waals surface area contributed by atoms with Crippen LogP contribution in [0.25, 0.3) is 0 Å². The number of anilines is 2. The Hall–Kier alpha value is -2.95. The van der Waals surface area contributed by atoms with Gasteiger partial charge in [0.15, 0.2) is 0 Å². The first-order chi connectivity index (χ1) is 17.9. The number of primary sulfonamides is 1. The van der Waals surface area contributed by atoms with Crippen LogP contribution < -0.4 is 20.9 Å².